The Morgan fingerprint density at radius 2 is 2.22 bits per heavy atom. The van der Waals surface area contributed by atoms with Crippen molar-refractivity contribution in [1.29, 1.82) is 0 Å². The lowest BCUT2D eigenvalue weighted by Gasteiger charge is -2.13. The summed E-state index contributed by atoms with van der Waals surface area (Å²) in [5.74, 6) is 0.989. The molecular weight excluding hydrogens is 246 g/mol. The van der Waals surface area contributed by atoms with Gasteiger partial charge < -0.3 is 4.98 Å². The molecule has 2 nitrogen and oxygen atoms in total. The van der Waals surface area contributed by atoms with Crippen LogP contribution in [-0.4, -0.2) is 10.8 Å². The number of H-pyrrole nitrogens is 1. The number of carbonyl (C=O) groups is 1. The molecular formula is C15H16ClNO. The number of hydrogen-bond donors (Lipinski definition) is 1. The van der Waals surface area contributed by atoms with Gasteiger partial charge in [0, 0.05) is 33.6 Å². The van der Waals surface area contributed by atoms with Gasteiger partial charge in [0.2, 0.25) is 0 Å². The zero-order chi connectivity index (χ0) is 12.7. The van der Waals surface area contributed by atoms with E-state index in [1.165, 1.54) is 12.8 Å². The lowest BCUT2D eigenvalue weighted by molar-refractivity contribution is 0.0899. The van der Waals surface area contributed by atoms with E-state index in [0.29, 0.717) is 10.9 Å². The van der Waals surface area contributed by atoms with Gasteiger partial charge in [-0.1, -0.05) is 31.0 Å². The van der Waals surface area contributed by atoms with E-state index in [2.05, 4.69) is 11.9 Å². The summed E-state index contributed by atoms with van der Waals surface area (Å²) in [6, 6.07) is 5.64. The second-order valence-electron chi connectivity index (χ2n) is 5.27. The molecule has 0 amide bonds. The van der Waals surface area contributed by atoms with Gasteiger partial charge in [-0.05, 0) is 30.9 Å². The normalized spacial score (nSPS) is 23.7. The van der Waals surface area contributed by atoms with Crippen molar-refractivity contribution in [3.05, 3.63) is 35.0 Å². The third kappa shape index (κ3) is 1.85. The maximum Gasteiger partial charge on any atom is 0.168 e. The molecule has 0 aliphatic heterocycles. The van der Waals surface area contributed by atoms with Crippen molar-refractivity contribution in [2.24, 2.45) is 11.8 Å². The summed E-state index contributed by atoms with van der Waals surface area (Å²) < 4.78 is 0. The summed E-state index contributed by atoms with van der Waals surface area (Å²) in [6.07, 6.45) is 5.20. The van der Waals surface area contributed by atoms with Crippen molar-refractivity contribution in [3.8, 4) is 0 Å². The van der Waals surface area contributed by atoms with E-state index in [4.69, 9.17) is 11.6 Å². The number of fused-ring (bicyclic) bond motifs is 1. The molecule has 1 aromatic carbocycles. The predicted octanol–water partition coefficient (Wildman–Crippen LogP) is 4.44. The lowest BCUT2D eigenvalue weighted by Crippen LogP contribution is -2.16. The van der Waals surface area contributed by atoms with Crippen molar-refractivity contribution in [1.82, 2.24) is 4.98 Å². The van der Waals surface area contributed by atoms with Gasteiger partial charge in [-0.2, -0.15) is 0 Å². The molecule has 0 spiro atoms. The summed E-state index contributed by atoms with van der Waals surface area (Å²) in [5, 5.41) is 1.68. The molecule has 1 aromatic heterocycles. The lowest BCUT2D eigenvalue weighted by atomic mass is 9.89. The number of aromatic amines is 1. The van der Waals surface area contributed by atoms with Crippen LogP contribution < -0.4 is 0 Å². The Labute approximate surface area is 111 Å². The number of ketones is 1. The SMILES string of the molecule is CC1CCCC1C(=O)c1c[nH]c2cc(Cl)ccc12. The van der Waals surface area contributed by atoms with Crippen LogP contribution in [0.25, 0.3) is 10.9 Å². The number of Topliss-reactive ketones (excluding diaryl/α,β-unsaturated/α-hetero) is 1. The van der Waals surface area contributed by atoms with Gasteiger partial charge in [-0.3, -0.25) is 4.79 Å². The van der Waals surface area contributed by atoms with Crippen LogP contribution in [0.15, 0.2) is 24.4 Å². The first-order valence-electron chi connectivity index (χ1n) is 6.47. The summed E-state index contributed by atoms with van der Waals surface area (Å²) in [6.45, 7) is 2.18. The van der Waals surface area contributed by atoms with Gasteiger partial charge in [0.25, 0.3) is 0 Å². The fourth-order valence-corrected chi connectivity index (χ4v) is 3.21. The second-order valence-corrected chi connectivity index (χ2v) is 5.71. The Bertz CT molecular complexity index is 602. The second kappa shape index (κ2) is 4.43. The molecule has 18 heavy (non-hydrogen) atoms. The van der Waals surface area contributed by atoms with Crippen LogP contribution >= 0.6 is 11.6 Å². The van der Waals surface area contributed by atoms with E-state index in [1.54, 1.807) is 0 Å². The van der Waals surface area contributed by atoms with Crippen molar-refractivity contribution < 1.29 is 4.79 Å². The largest absolute Gasteiger partial charge is 0.360 e. The monoisotopic (exact) mass is 261 g/mol. The van der Waals surface area contributed by atoms with Crippen LogP contribution in [0.3, 0.4) is 0 Å². The Balaban J connectivity index is 2.01. The number of rotatable bonds is 2. The first-order chi connectivity index (χ1) is 8.66. The Kier molecular flexibility index (Phi) is 2.90. The van der Waals surface area contributed by atoms with Gasteiger partial charge in [0.05, 0.1) is 0 Å². The van der Waals surface area contributed by atoms with Crippen LogP contribution in [0, 0.1) is 11.8 Å². The molecule has 2 unspecified atom stereocenters. The number of hydrogen-bond acceptors (Lipinski definition) is 1. The molecule has 2 aromatic rings. The zero-order valence-corrected chi connectivity index (χ0v) is 11.1. The summed E-state index contributed by atoms with van der Waals surface area (Å²) in [4.78, 5) is 15.7. The smallest absolute Gasteiger partial charge is 0.168 e. The summed E-state index contributed by atoms with van der Waals surface area (Å²) in [5.41, 5.74) is 1.76. The molecule has 94 valence electrons. The molecule has 1 aliphatic rings. The number of aromatic nitrogens is 1. The molecule has 3 rings (SSSR count). The molecule has 0 radical (unpaired) electrons. The van der Waals surface area contributed by atoms with Gasteiger partial charge in [0.15, 0.2) is 5.78 Å². The van der Waals surface area contributed by atoms with E-state index < -0.39 is 0 Å². The van der Waals surface area contributed by atoms with Crippen LogP contribution in [0.1, 0.15) is 36.5 Å². The van der Waals surface area contributed by atoms with Crippen molar-refractivity contribution >= 4 is 28.3 Å². The number of halogens is 1. The van der Waals surface area contributed by atoms with Gasteiger partial charge in [-0.25, -0.2) is 0 Å². The molecule has 1 saturated carbocycles. The molecule has 1 fully saturated rings. The Hall–Kier alpha value is -1.28. The fourth-order valence-electron chi connectivity index (χ4n) is 3.04. The standard InChI is InChI=1S/C15H16ClNO/c1-9-3-2-4-11(9)15(18)13-8-17-14-7-10(16)5-6-12(13)14/h5-9,11,17H,2-4H2,1H3. The highest BCUT2D eigenvalue weighted by atomic mass is 35.5. The van der Waals surface area contributed by atoms with Crippen LogP contribution in [0.5, 0.6) is 0 Å². The first kappa shape index (κ1) is 11.8. The van der Waals surface area contributed by atoms with E-state index in [-0.39, 0.29) is 11.7 Å². The van der Waals surface area contributed by atoms with Crippen LogP contribution in [0.4, 0.5) is 0 Å². The minimum atomic E-state index is 0.194. The molecule has 1 N–H and O–H groups in total. The summed E-state index contributed by atoms with van der Waals surface area (Å²) >= 11 is 5.95. The molecule has 2 atom stereocenters. The Morgan fingerprint density at radius 3 is 2.94 bits per heavy atom. The average molecular weight is 262 g/mol. The quantitative estimate of drug-likeness (QED) is 0.797. The highest BCUT2D eigenvalue weighted by molar-refractivity contribution is 6.31. The minimum absolute atomic E-state index is 0.194. The molecule has 0 bridgehead atoms. The van der Waals surface area contributed by atoms with Crippen molar-refractivity contribution in [3.63, 3.8) is 0 Å². The van der Waals surface area contributed by atoms with E-state index in [0.717, 1.165) is 22.9 Å². The summed E-state index contributed by atoms with van der Waals surface area (Å²) in [7, 11) is 0. The predicted molar refractivity (Wildman–Crippen MR) is 74.1 cm³/mol. The molecule has 3 heteroatoms. The Morgan fingerprint density at radius 1 is 1.39 bits per heavy atom. The third-order valence-electron chi connectivity index (χ3n) is 4.11. The maximum atomic E-state index is 12.6. The number of nitrogens with one attached hydrogen (secondary N) is 1. The highest BCUT2D eigenvalue weighted by Crippen LogP contribution is 2.35. The van der Waals surface area contributed by atoms with Crippen LogP contribution in [0.2, 0.25) is 5.02 Å². The molecule has 1 aliphatic carbocycles. The van der Waals surface area contributed by atoms with Gasteiger partial charge in [0.1, 0.15) is 0 Å². The minimum Gasteiger partial charge on any atom is -0.360 e. The van der Waals surface area contributed by atoms with Gasteiger partial charge >= 0.3 is 0 Å². The van der Waals surface area contributed by atoms with Gasteiger partial charge in [-0.15, -0.1) is 0 Å². The van der Waals surface area contributed by atoms with Crippen LogP contribution in [-0.2, 0) is 0 Å². The molecule has 0 saturated heterocycles. The number of carbonyl (C=O) groups excluding carboxylic acids is 1. The van der Waals surface area contributed by atoms with E-state index in [1.807, 2.05) is 24.4 Å². The van der Waals surface area contributed by atoms with E-state index in [9.17, 15) is 4.79 Å². The van der Waals surface area contributed by atoms with E-state index >= 15 is 0 Å². The number of benzene rings is 1. The third-order valence-corrected chi connectivity index (χ3v) is 4.34. The van der Waals surface area contributed by atoms with Crippen molar-refractivity contribution in [2.45, 2.75) is 26.2 Å². The topological polar surface area (TPSA) is 32.9 Å². The zero-order valence-electron chi connectivity index (χ0n) is 10.4. The maximum absolute atomic E-state index is 12.6. The highest BCUT2D eigenvalue weighted by Gasteiger charge is 2.31. The van der Waals surface area contributed by atoms with Crippen molar-refractivity contribution in [2.75, 3.05) is 0 Å². The fraction of sp³-hybridized carbons (Fsp3) is 0.400. The average Bonchev–Trinajstić information content (AvgIpc) is 2.94. The first-order valence-corrected chi connectivity index (χ1v) is 6.85. The molecule has 1 heterocycles.